The molecule has 3 aliphatic rings. The highest BCUT2D eigenvalue weighted by Crippen LogP contribution is 2.47. The van der Waals surface area contributed by atoms with Crippen LogP contribution in [0.15, 0.2) is 18.2 Å². The number of likely N-dealkylation sites (tertiary alicyclic amines) is 1. The van der Waals surface area contributed by atoms with Gasteiger partial charge in [-0.05, 0) is 61.6 Å². The SMILES string of the molecule is COc1ccc(OC)c([C@@H]2CCCN2CN2C(=O)N[C@@]3(C[C@@H](C)CC(C)(C)C3)C2=O)c1. The van der Waals surface area contributed by atoms with E-state index in [0.717, 1.165) is 42.9 Å². The molecule has 2 aliphatic heterocycles. The number of hydrogen-bond acceptors (Lipinski definition) is 5. The molecule has 3 atom stereocenters. The van der Waals surface area contributed by atoms with E-state index in [4.69, 9.17) is 9.47 Å². The van der Waals surface area contributed by atoms with Crippen molar-refractivity contribution in [1.29, 1.82) is 0 Å². The predicted octanol–water partition coefficient (Wildman–Crippen LogP) is 3.94. The van der Waals surface area contributed by atoms with Crippen molar-refractivity contribution in [2.45, 2.75) is 64.5 Å². The second kappa shape index (κ2) is 8.01. The Labute approximate surface area is 185 Å². The predicted molar refractivity (Wildman–Crippen MR) is 118 cm³/mol. The topological polar surface area (TPSA) is 71.1 Å². The average molecular weight is 430 g/mol. The molecule has 0 aromatic heterocycles. The van der Waals surface area contributed by atoms with Gasteiger partial charge in [0, 0.05) is 18.2 Å². The maximum atomic E-state index is 13.6. The van der Waals surface area contributed by atoms with E-state index in [2.05, 4.69) is 31.0 Å². The van der Waals surface area contributed by atoms with Gasteiger partial charge in [0.15, 0.2) is 0 Å². The van der Waals surface area contributed by atoms with Crippen molar-refractivity contribution in [3.63, 3.8) is 0 Å². The first-order valence-electron chi connectivity index (χ1n) is 11.3. The van der Waals surface area contributed by atoms with E-state index < -0.39 is 5.54 Å². The average Bonchev–Trinajstić information content (AvgIpc) is 3.24. The fourth-order valence-electron chi connectivity index (χ4n) is 6.26. The summed E-state index contributed by atoms with van der Waals surface area (Å²) in [5.74, 6) is 1.90. The molecule has 3 fully saturated rings. The Morgan fingerprint density at radius 1 is 1.16 bits per heavy atom. The number of methoxy groups -OCH3 is 2. The van der Waals surface area contributed by atoms with E-state index in [1.807, 2.05) is 18.2 Å². The lowest BCUT2D eigenvalue weighted by Gasteiger charge is -2.44. The number of carbonyl (C=O) groups is 2. The number of imide groups is 1. The molecule has 7 heteroatoms. The number of nitrogens with one attached hydrogen (secondary N) is 1. The zero-order valence-corrected chi connectivity index (χ0v) is 19.4. The minimum Gasteiger partial charge on any atom is -0.497 e. The summed E-state index contributed by atoms with van der Waals surface area (Å²) in [6.07, 6.45) is 4.43. The molecule has 1 aliphatic carbocycles. The van der Waals surface area contributed by atoms with Crippen molar-refractivity contribution in [2.24, 2.45) is 11.3 Å². The summed E-state index contributed by atoms with van der Waals surface area (Å²) in [6, 6.07) is 5.61. The molecule has 0 unspecified atom stereocenters. The van der Waals surface area contributed by atoms with Gasteiger partial charge in [0.05, 0.1) is 20.9 Å². The van der Waals surface area contributed by atoms with Crippen LogP contribution >= 0.6 is 0 Å². The number of hydrogen-bond donors (Lipinski definition) is 1. The van der Waals surface area contributed by atoms with Crippen LogP contribution in [-0.2, 0) is 4.79 Å². The Balaban J connectivity index is 1.56. The van der Waals surface area contributed by atoms with Crippen LogP contribution in [0, 0.1) is 11.3 Å². The quantitative estimate of drug-likeness (QED) is 0.718. The Morgan fingerprint density at radius 2 is 1.94 bits per heavy atom. The highest BCUT2D eigenvalue weighted by molar-refractivity contribution is 6.07. The molecular weight excluding hydrogens is 394 g/mol. The summed E-state index contributed by atoms with van der Waals surface area (Å²) < 4.78 is 11.0. The molecule has 3 amide bonds. The monoisotopic (exact) mass is 429 g/mol. The zero-order chi connectivity index (χ0) is 22.4. The normalized spacial score (nSPS) is 30.7. The Hall–Kier alpha value is -2.28. The third-order valence-electron chi connectivity index (χ3n) is 7.11. The van der Waals surface area contributed by atoms with Crippen LogP contribution in [0.1, 0.15) is 64.5 Å². The lowest BCUT2D eigenvalue weighted by atomic mass is 9.64. The van der Waals surface area contributed by atoms with E-state index in [1.165, 1.54) is 4.90 Å². The lowest BCUT2D eigenvalue weighted by molar-refractivity contribution is -0.136. The van der Waals surface area contributed by atoms with Gasteiger partial charge >= 0.3 is 6.03 Å². The fraction of sp³-hybridized carbons (Fsp3) is 0.667. The molecule has 1 aromatic rings. The van der Waals surface area contributed by atoms with E-state index >= 15 is 0 Å². The molecule has 1 spiro atoms. The Bertz CT molecular complexity index is 870. The lowest BCUT2D eigenvalue weighted by Crippen LogP contribution is -2.54. The third kappa shape index (κ3) is 4.00. The summed E-state index contributed by atoms with van der Waals surface area (Å²) in [5, 5.41) is 3.09. The van der Waals surface area contributed by atoms with Gasteiger partial charge in [-0.25, -0.2) is 9.69 Å². The van der Waals surface area contributed by atoms with Crippen LogP contribution in [-0.4, -0.2) is 54.7 Å². The Morgan fingerprint density at radius 3 is 2.61 bits per heavy atom. The molecule has 1 saturated carbocycles. The number of urea groups is 1. The van der Waals surface area contributed by atoms with Crippen LogP contribution in [0.4, 0.5) is 4.79 Å². The zero-order valence-electron chi connectivity index (χ0n) is 19.4. The van der Waals surface area contributed by atoms with Gasteiger partial charge in [-0.15, -0.1) is 0 Å². The first-order valence-corrected chi connectivity index (χ1v) is 11.3. The van der Waals surface area contributed by atoms with E-state index in [0.29, 0.717) is 25.4 Å². The maximum absolute atomic E-state index is 13.6. The van der Waals surface area contributed by atoms with Gasteiger partial charge in [-0.3, -0.25) is 9.69 Å². The van der Waals surface area contributed by atoms with Crippen LogP contribution in [0.3, 0.4) is 0 Å². The summed E-state index contributed by atoms with van der Waals surface area (Å²) in [4.78, 5) is 30.1. The summed E-state index contributed by atoms with van der Waals surface area (Å²) in [7, 11) is 3.31. The van der Waals surface area contributed by atoms with Crippen molar-refractivity contribution in [3.8, 4) is 11.5 Å². The van der Waals surface area contributed by atoms with E-state index in [-0.39, 0.29) is 23.4 Å². The molecule has 4 rings (SSSR count). The van der Waals surface area contributed by atoms with E-state index in [9.17, 15) is 9.59 Å². The van der Waals surface area contributed by atoms with Crippen molar-refractivity contribution in [3.05, 3.63) is 23.8 Å². The second-order valence-corrected chi connectivity index (χ2v) is 10.3. The molecule has 0 bridgehead atoms. The molecule has 1 aromatic carbocycles. The van der Waals surface area contributed by atoms with Crippen molar-refractivity contribution < 1.29 is 19.1 Å². The van der Waals surface area contributed by atoms with Gasteiger partial charge in [-0.2, -0.15) is 0 Å². The van der Waals surface area contributed by atoms with Gasteiger partial charge in [0.1, 0.15) is 17.0 Å². The number of rotatable bonds is 5. The minimum absolute atomic E-state index is 0.0285. The second-order valence-electron chi connectivity index (χ2n) is 10.3. The third-order valence-corrected chi connectivity index (χ3v) is 7.11. The van der Waals surface area contributed by atoms with Crippen LogP contribution in [0.2, 0.25) is 0 Å². The Kier molecular flexibility index (Phi) is 5.66. The highest BCUT2D eigenvalue weighted by Gasteiger charge is 2.56. The van der Waals surface area contributed by atoms with Crippen LogP contribution in [0.5, 0.6) is 11.5 Å². The standard InChI is InChI=1S/C24H35N3O4/c1-16-12-23(2,3)14-24(13-16)21(28)27(22(29)25-24)15-26-10-6-7-19(26)18-11-17(30-4)8-9-20(18)31-5/h8-9,11,16,19H,6-7,10,12-15H2,1-5H3,(H,25,29)/t16-,19-,24+/m0/s1. The number of amides is 3. The number of carbonyl (C=O) groups excluding carboxylic acids is 2. The van der Waals surface area contributed by atoms with Crippen molar-refractivity contribution >= 4 is 11.9 Å². The number of nitrogens with zero attached hydrogens (tertiary/aromatic N) is 2. The largest absolute Gasteiger partial charge is 0.497 e. The molecular formula is C24H35N3O4. The molecule has 2 heterocycles. The first kappa shape index (κ1) is 21.9. The molecule has 2 saturated heterocycles. The summed E-state index contributed by atoms with van der Waals surface area (Å²) in [5.41, 5.74) is 0.301. The molecule has 7 nitrogen and oxygen atoms in total. The van der Waals surface area contributed by atoms with Gasteiger partial charge < -0.3 is 14.8 Å². The first-order chi connectivity index (χ1) is 14.7. The summed E-state index contributed by atoms with van der Waals surface area (Å²) in [6.45, 7) is 7.69. The maximum Gasteiger partial charge on any atom is 0.326 e. The molecule has 170 valence electrons. The molecule has 0 radical (unpaired) electrons. The molecule has 1 N–H and O–H groups in total. The smallest absolute Gasteiger partial charge is 0.326 e. The van der Waals surface area contributed by atoms with Crippen molar-refractivity contribution in [2.75, 3.05) is 27.4 Å². The number of ether oxygens (including phenoxy) is 2. The summed E-state index contributed by atoms with van der Waals surface area (Å²) >= 11 is 0. The van der Waals surface area contributed by atoms with Crippen molar-refractivity contribution in [1.82, 2.24) is 15.1 Å². The minimum atomic E-state index is -0.763. The van der Waals surface area contributed by atoms with Gasteiger partial charge in [0.2, 0.25) is 0 Å². The van der Waals surface area contributed by atoms with Gasteiger partial charge in [0.25, 0.3) is 5.91 Å². The van der Waals surface area contributed by atoms with E-state index in [1.54, 1.807) is 14.2 Å². The van der Waals surface area contributed by atoms with Gasteiger partial charge in [-0.1, -0.05) is 20.8 Å². The number of benzene rings is 1. The molecule has 31 heavy (non-hydrogen) atoms. The van der Waals surface area contributed by atoms with Crippen LogP contribution < -0.4 is 14.8 Å². The highest BCUT2D eigenvalue weighted by atomic mass is 16.5. The van der Waals surface area contributed by atoms with Crippen LogP contribution in [0.25, 0.3) is 0 Å². The fourth-order valence-corrected chi connectivity index (χ4v) is 6.26.